The minimum absolute atomic E-state index is 0.222. The molecule has 0 bridgehead atoms. The van der Waals surface area contributed by atoms with E-state index in [1.165, 1.54) is 5.56 Å². The van der Waals surface area contributed by atoms with Crippen molar-refractivity contribution in [1.29, 1.82) is 5.26 Å². The van der Waals surface area contributed by atoms with E-state index in [2.05, 4.69) is 30.9 Å². The summed E-state index contributed by atoms with van der Waals surface area (Å²) in [5, 5.41) is 9.06. The van der Waals surface area contributed by atoms with Gasteiger partial charge >= 0.3 is 0 Å². The van der Waals surface area contributed by atoms with Crippen molar-refractivity contribution in [2.45, 2.75) is 53.1 Å². The molecule has 110 valence electrons. The van der Waals surface area contributed by atoms with Crippen LogP contribution in [-0.2, 0) is 6.54 Å². The molecule has 0 amide bonds. The van der Waals surface area contributed by atoms with Crippen LogP contribution in [0, 0.1) is 16.7 Å². The van der Waals surface area contributed by atoms with Gasteiger partial charge < -0.3 is 5.73 Å². The molecule has 0 aliphatic carbocycles. The van der Waals surface area contributed by atoms with Crippen molar-refractivity contribution in [2.75, 3.05) is 12.3 Å². The minimum Gasteiger partial charge on any atom is -0.399 e. The third kappa shape index (κ3) is 5.63. The summed E-state index contributed by atoms with van der Waals surface area (Å²) >= 11 is 0. The van der Waals surface area contributed by atoms with Crippen molar-refractivity contribution in [1.82, 2.24) is 4.90 Å². The number of benzene rings is 1. The number of rotatable bonds is 7. The zero-order chi connectivity index (χ0) is 15.2. The minimum atomic E-state index is -0.222. The third-order valence-corrected chi connectivity index (χ3v) is 3.62. The first-order valence-electron chi connectivity index (χ1n) is 7.34. The fourth-order valence-electron chi connectivity index (χ4n) is 2.23. The summed E-state index contributed by atoms with van der Waals surface area (Å²) in [6, 6.07) is 10.9. The maximum absolute atomic E-state index is 9.06. The Kier molecular flexibility index (Phi) is 6.04. The highest BCUT2D eigenvalue weighted by atomic mass is 15.1. The second-order valence-corrected chi connectivity index (χ2v) is 6.41. The van der Waals surface area contributed by atoms with Crippen LogP contribution in [0.1, 0.15) is 46.1 Å². The molecule has 0 saturated carbocycles. The number of hydrogen-bond donors (Lipinski definition) is 1. The lowest BCUT2D eigenvalue weighted by molar-refractivity contribution is 0.201. The molecule has 1 aromatic rings. The zero-order valence-corrected chi connectivity index (χ0v) is 13.2. The van der Waals surface area contributed by atoms with E-state index in [1.807, 2.05) is 32.0 Å². The maximum atomic E-state index is 9.06. The van der Waals surface area contributed by atoms with E-state index in [0.29, 0.717) is 6.04 Å². The Morgan fingerprint density at radius 3 is 2.60 bits per heavy atom. The first kappa shape index (κ1) is 16.5. The van der Waals surface area contributed by atoms with Gasteiger partial charge in [-0.15, -0.1) is 0 Å². The molecule has 0 unspecified atom stereocenters. The number of nitrogens with zero attached hydrogens (tertiary/aromatic N) is 2. The van der Waals surface area contributed by atoms with Gasteiger partial charge in [-0.2, -0.15) is 5.26 Å². The van der Waals surface area contributed by atoms with Crippen molar-refractivity contribution >= 4 is 5.69 Å². The lowest BCUT2D eigenvalue weighted by Gasteiger charge is -2.27. The van der Waals surface area contributed by atoms with Gasteiger partial charge in [0.15, 0.2) is 0 Å². The normalized spacial score (nSPS) is 11.8. The second-order valence-electron chi connectivity index (χ2n) is 6.41. The van der Waals surface area contributed by atoms with Gasteiger partial charge in [-0.1, -0.05) is 12.1 Å². The molecule has 20 heavy (non-hydrogen) atoms. The van der Waals surface area contributed by atoms with Gasteiger partial charge in [-0.05, 0) is 64.8 Å². The van der Waals surface area contributed by atoms with Gasteiger partial charge in [0, 0.05) is 18.3 Å². The lowest BCUT2D eigenvalue weighted by Crippen LogP contribution is -2.31. The Morgan fingerprint density at radius 2 is 2.05 bits per heavy atom. The molecule has 1 aromatic carbocycles. The molecule has 3 heteroatoms. The Bertz CT molecular complexity index is 458. The molecule has 0 radical (unpaired) electrons. The van der Waals surface area contributed by atoms with Crippen LogP contribution in [0.3, 0.4) is 0 Å². The predicted octanol–water partition coefficient (Wildman–Crippen LogP) is 3.81. The summed E-state index contributed by atoms with van der Waals surface area (Å²) in [6.45, 7) is 10.4. The molecule has 0 aliphatic rings. The molecule has 3 nitrogen and oxygen atoms in total. The monoisotopic (exact) mass is 273 g/mol. The molecule has 0 saturated heterocycles. The van der Waals surface area contributed by atoms with Crippen molar-refractivity contribution in [3.05, 3.63) is 29.8 Å². The summed E-state index contributed by atoms with van der Waals surface area (Å²) < 4.78 is 0. The lowest BCUT2D eigenvalue weighted by atomic mass is 9.89. The fourth-order valence-corrected chi connectivity index (χ4v) is 2.23. The van der Waals surface area contributed by atoms with E-state index in [-0.39, 0.29) is 5.41 Å². The summed E-state index contributed by atoms with van der Waals surface area (Å²) in [5.74, 6) is 0. The summed E-state index contributed by atoms with van der Waals surface area (Å²) in [6.07, 6.45) is 1.98. The Morgan fingerprint density at radius 1 is 1.35 bits per heavy atom. The fraction of sp³-hybridized carbons (Fsp3) is 0.588. The number of nitriles is 1. The van der Waals surface area contributed by atoms with Crippen LogP contribution < -0.4 is 5.73 Å². The third-order valence-electron chi connectivity index (χ3n) is 3.62. The smallest absolute Gasteiger partial charge is 0.0683 e. The van der Waals surface area contributed by atoms with Gasteiger partial charge in [-0.3, -0.25) is 4.90 Å². The molecular formula is C17H27N3. The Labute approximate surface area is 123 Å². The van der Waals surface area contributed by atoms with Crippen molar-refractivity contribution < 1.29 is 0 Å². The van der Waals surface area contributed by atoms with Crippen molar-refractivity contribution in [2.24, 2.45) is 5.41 Å². The quantitative estimate of drug-likeness (QED) is 0.769. The summed E-state index contributed by atoms with van der Waals surface area (Å²) in [7, 11) is 0. The summed E-state index contributed by atoms with van der Waals surface area (Å²) in [4.78, 5) is 2.43. The van der Waals surface area contributed by atoms with Crippen LogP contribution in [0.5, 0.6) is 0 Å². The zero-order valence-electron chi connectivity index (χ0n) is 13.2. The molecule has 0 spiro atoms. The average molecular weight is 273 g/mol. The van der Waals surface area contributed by atoms with E-state index < -0.39 is 0 Å². The predicted molar refractivity (Wildman–Crippen MR) is 85.0 cm³/mol. The van der Waals surface area contributed by atoms with E-state index in [0.717, 1.165) is 31.6 Å². The van der Waals surface area contributed by atoms with Gasteiger partial charge in [0.05, 0.1) is 11.5 Å². The molecule has 0 heterocycles. The standard InChI is InChI=1S/C17H27N3/c1-14(2)20(10-6-9-17(3,4)13-18)12-15-7-5-8-16(19)11-15/h5,7-8,11,14H,6,9-10,12,19H2,1-4H3. The Hall–Kier alpha value is -1.53. The molecular weight excluding hydrogens is 246 g/mol. The SMILES string of the molecule is CC(C)N(CCCC(C)(C)C#N)Cc1cccc(N)c1. The van der Waals surface area contributed by atoms with Crippen LogP contribution in [0.25, 0.3) is 0 Å². The average Bonchev–Trinajstić information content (AvgIpc) is 2.37. The van der Waals surface area contributed by atoms with Gasteiger partial charge in [0.25, 0.3) is 0 Å². The first-order chi connectivity index (χ1) is 9.34. The van der Waals surface area contributed by atoms with Crippen LogP contribution in [-0.4, -0.2) is 17.5 Å². The maximum Gasteiger partial charge on any atom is 0.0683 e. The first-order valence-corrected chi connectivity index (χ1v) is 7.34. The highest BCUT2D eigenvalue weighted by Gasteiger charge is 2.17. The van der Waals surface area contributed by atoms with E-state index in [9.17, 15) is 0 Å². The molecule has 0 atom stereocenters. The number of anilines is 1. The topological polar surface area (TPSA) is 53.0 Å². The van der Waals surface area contributed by atoms with Gasteiger partial charge in [0.2, 0.25) is 0 Å². The highest BCUT2D eigenvalue weighted by Crippen LogP contribution is 2.21. The van der Waals surface area contributed by atoms with Gasteiger partial charge in [0.1, 0.15) is 0 Å². The second kappa shape index (κ2) is 7.31. The van der Waals surface area contributed by atoms with Crippen molar-refractivity contribution in [3.8, 4) is 6.07 Å². The van der Waals surface area contributed by atoms with Gasteiger partial charge in [-0.25, -0.2) is 0 Å². The summed E-state index contributed by atoms with van der Waals surface area (Å²) in [5.41, 5.74) is 7.67. The Balaban J connectivity index is 2.56. The molecule has 0 fully saturated rings. The van der Waals surface area contributed by atoms with E-state index in [1.54, 1.807) is 0 Å². The van der Waals surface area contributed by atoms with Crippen molar-refractivity contribution in [3.63, 3.8) is 0 Å². The molecule has 0 aliphatic heterocycles. The molecule has 0 aromatic heterocycles. The molecule has 2 N–H and O–H groups in total. The highest BCUT2D eigenvalue weighted by molar-refractivity contribution is 5.40. The van der Waals surface area contributed by atoms with E-state index in [4.69, 9.17) is 11.0 Å². The number of hydrogen-bond acceptors (Lipinski definition) is 3. The van der Waals surface area contributed by atoms with Crippen LogP contribution in [0.4, 0.5) is 5.69 Å². The van der Waals surface area contributed by atoms with E-state index >= 15 is 0 Å². The number of nitrogen functional groups attached to an aromatic ring is 1. The van der Waals surface area contributed by atoms with Crippen LogP contribution in [0.15, 0.2) is 24.3 Å². The number of nitrogens with two attached hydrogens (primary N) is 1. The largest absolute Gasteiger partial charge is 0.399 e. The molecule has 1 rings (SSSR count). The van der Waals surface area contributed by atoms with Crippen LogP contribution >= 0.6 is 0 Å². The van der Waals surface area contributed by atoms with Crippen LogP contribution in [0.2, 0.25) is 0 Å².